The van der Waals surface area contributed by atoms with Crippen molar-refractivity contribution >= 4 is 23.2 Å². The maximum absolute atomic E-state index is 6.51. The van der Waals surface area contributed by atoms with Gasteiger partial charge in [0, 0.05) is 34.3 Å². The molecule has 1 aliphatic rings. The SMILES string of the molecule is CCCC1(CCC)COC(CCc2ccc(Cl)cc2Cl)(Cn2ccnc2)OC1. The van der Waals surface area contributed by atoms with Gasteiger partial charge in [0.25, 0.3) is 0 Å². The van der Waals surface area contributed by atoms with Crippen molar-refractivity contribution in [3.05, 3.63) is 52.5 Å². The van der Waals surface area contributed by atoms with E-state index in [0.29, 0.717) is 16.6 Å². The molecule has 0 amide bonds. The molecule has 0 unspecified atom stereocenters. The van der Waals surface area contributed by atoms with Crippen LogP contribution in [0.25, 0.3) is 0 Å². The Morgan fingerprint density at radius 3 is 2.36 bits per heavy atom. The number of ether oxygens (including phenoxy) is 2. The summed E-state index contributed by atoms with van der Waals surface area (Å²) in [6.45, 7) is 6.54. The highest BCUT2D eigenvalue weighted by atomic mass is 35.5. The predicted octanol–water partition coefficient (Wildman–Crippen LogP) is 6.15. The van der Waals surface area contributed by atoms with Gasteiger partial charge < -0.3 is 14.0 Å². The van der Waals surface area contributed by atoms with E-state index in [0.717, 1.165) is 57.3 Å². The Morgan fingerprint density at radius 1 is 1.07 bits per heavy atom. The van der Waals surface area contributed by atoms with E-state index in [1.807, 2.05) is 29.2 Å². The summed E-state index contributed by atoms with van der Waals surface area (Å²) in [5.74, 6) is -0.672. The van der Waals surface area contributed by atoms with Gasteiger partial charge in [0.2, 0.25) is 0 Å². The summed E-state index contributed by atoms with van der Waals surface area (Å²) in [6, 6.07) is 5.65. The van der Waals surface area contributed by atoms with Gasteiger partial charge in [-0.2, -0.15) is 0 Å². The Kier molecular flexibility index (Phi) is 7.43. The van der Waals surface area contributed by atoms with Crippen LogP contribution in [0.3, 0.4) is 0 Å². The molecule has 2 heterocycles. The van der Waals surface area contributed by atoms with Gasteiger partial charge in [-0.05, 0) is 37.0 Å². The van der Waals surface area contributed by atoms with E-state index >= 15 is 0 Å². The standard InChI is InChI=1S/C22H30Cl2N2O2/c1-3-8-21(9-4-2)15-27-22(28-16-21,14-26-12-11-25-17-26)10-7-18-5-6-19(23)13-20(18)24/h5-6,11-13,17H,3-4,7-10,14-16H2,1-2H3. The molecule has 0 atom stereocenters. The van der Waals surface area contributed by atoms with E-state index in [1.165, 1.54) is 0 Å². The van der Waals surface area contributed by atoms with Crippen LogP contribution in [-0.4, -0.2) is 28.6 Å². The average Bonchev–Trinajstić information content (AvgIpc) is 3.17. The van der Waals surface area contributed by atoms with Gasteiger partial charge in [-0.15, -0.1) is 0 Å². The lowest BCUT2D eigenvalue weighted by Crippen LogP contribution is -2.52. The van der Waals surface area contributed by atoms with Crippen LogP contribution in [0.2, 0.25) is 10.0 Å². The Labute approximate surface area is 178 Å². The molecule has 3 rings (SSSR count). The van der Waals surface area contributed by atoms with E-state index in [4.69, 9.17) is 32.7 Å². The molecule has 4 nitrogen and oxygen atoms in total. The van der Waals surface area contributed by atoms with Crippen molar-refractivity contribution in [2.75, 3.05) is 13.2 Å². The van der Waals surface area contributed by atoms with Crippen molar-refractivity contribution in [3.8, 4) is 0 Å². The van der Waals surface area contributed by atoms with Crippen molar-refractivity contribution in [2.45, 2.75) is 64.7 Å². The molecule has 0 spiro atoms. The number of imidazole rings is 1. The first-order valence-corrected chi connectivity index (χ1v) is 10.9. The van der Waals surface area contributed by atoms with E-state index < -0.39 is 5.79 Å². The smallest absolute Gasteiger partial charge is 0.186 e. The number of nitrogens with zero attached hydrogens (tertiary/aromatic N) is 2. The molecule has 2 aromatic rings. The molecule has 0 aliphatic carbocycles. The van der Waals surface area contributed by atoms with Gasteiger partial charge >= 0.3 is 0 Å². The van der Waals surface area contributed by atoms with Crippen LogP contribution in [0.4, 0.5) is 0 Å². The summed E-state index contributed by atoms with van der Waals surface area (Å²) in [6.07, 6.45) is 11.6. The van der Waals surface area contributed by atoms with Crippen LogP contribution in [0.15, 0.2) is 36.9 Å². The molecular formula is C22H30Cl2N2O2. The number of halogens is 2. The quantitative estimate of drug-likeness (QED) is 0.483. The second-order valence-electron chi connectivity index (χ2n) is 7.96. The normalized spacial score (nSPS) is 18.3. The number of aromatic nitrogens is 2. The molecule has 0 N–H and O–H groups in total. The summed E-state index contributed by atoms with van der Waals surface area (Å²) in [5, 5.41) is 1.34. The topological polar surface area (TPSA) is 36.3 Å². The largest absolute Gasteiger partial charge is 0.347 e. The summed E-state index contributed by atoms with van der Waals surface area (Å²) in [4.78, 5) is 4.16. The lowest BCUT2D eigenvalue weighted by molar-refractivity contribution is -0.314. The molecule has 154 valence electrons. The molecule has 0 saturated carbocycles. The minimum Gasteiger partial charge on any atom is -0.347 e. The highest BCUT2D eigenvalue weighted by molar-refractivity contribution is 6.35. The fourth-order valence-electron chi connectivity index (χ4n) is 4.15. The first-order valence-electron chi connectivity index (χ1n) is 10.2. The Bertz CT molecular complexity index is 733. The third-order valence-electron chi connectivity index (χ3n) is 5.62. The molecule has 0 radical (unpaired) electrons. The van der Waals surface area contributed by atoms with Gasteiger partial charge in [0.1, 0.15) is 0 Å². The van der Waals surface area contributed by atoms with Gasteiger partial charge in [0.05, 0.1) is 26.1 Å². The molecule has 1 aromatic heterocycles. The number of aryl methyl sites for hydroxylation is 1. The zero-order chi connectivity index (χ0) is 20.0. The molecule has 6 heteroatoms. The van der Waals surface area contributed by atoms with E-state index in [9.17, 15) is 0 Å². The lowest BCUT2D eigenvalue weighted by Gasteiger charge is -2.47. The van der Waals surface area contributed by atoms with Crippen molar-refractivity contribution in [1.29, 1.82) is 0 Å². The van der Waals surface area contributed by atoms with Crippen LogP contribution in [0, 0.1) is 5.41 Å². The van der Waals surface area contributed by atoms with Crippen molar-refractivity contribution in [2.24, 2.45) is 5.41 Å². The number of rotatable bonds is 9. The zero-order valence-electron chi connectivity index (χ0n) is 16.8. The van der Waals surface area contributed by atoms with Gasteiger partial charge in [-0.1, -0.05) is 56.0 Å². The minimum absolute atomic E-state index is 0.125. The third kappa shape index (κ3) is 5.29. The average molecular weight is 425 g/mol. The fraction of sp³-hybridized carbons (Fsp3) is 0.591. The molecular weight excluding hydrogens is 395 g/mol. The van der Waals surface area contributed by atoms with Crippen molar-refractivity contribution in [3.63, 3.8) is 0 Å². The summed E-state index contributed by atoms with van der Waals surface area (Å²) < 4.78 is 15.0. The number of hydrogen-bond acceptors (Lipinski definition) is 3. The highest BCUT2D eigenvalue weighted by Crippen LogP contribution is 2.40. The predicted molar refractivity (Wildman–Crippen MR) is 114 cm³/mol. The van der Waals surface area contributed by atoms with Gasteiger partial charge in [-0.3, -0.25) is 0 Å². The molecule has 28 heavy (non-hydrogen) atoms. The molecule has 0 bridgehead atoms. The van der Waals surface area contributed by atoms with E-state index in [1.54, 1.807) is 12.3 Å². The van der Waals surface area contributed by atoms with E-state index in [-0.39, 0.29) is 5.41 Å². The van der Waals surface area contributed by atoms with Gasteiger partial charge in [0.15, 0.2) is 5.79 Å². The summed E-state index contributed by atoms with van der Waals surface area (Å²) in [7, 11) is 0. The van der Waals surface area contributed by atoms with Crippen LogP contribution >= 0.6 is 23.2 Å². The van der Waals surface area contributed by atoms with Crippen LogP contribution in [-0.2, 0) is 22.4 Å². The molecule has 1 aromatic carbocycles. The van der Waals surface area contributed by atoms with Crippen LogP contribution in [0.5, 0.6) is 0 Å². The second kappa shape index (κ2) is 9.62. The first kappa shape index (κ1) is 21.6. The first-order chi connectivity index (χ1) is 13.5. The molecule has 1 fully saturated rings. The maximum atomic E-state index is 6.51. The monoisotopic (exact) mass is 424 g/mol. The maximum Gasteiger partial charge on any atom is 0.186 e. The Morgan fingerprint density at radius 2 is 1.79 bits per heavy atom. The third-order valence-corrected chi connectivity index (χ3v) is 6.20. The Hall–Kier alpha value is -1.07. The lowest BCUT2D eigenvalue weighted by atomic mass is 9.79. The zero-order valence-corrected chi connectivity index (χ0v) is 18.3. The van der Waals surface area contributed by atoms with Gasteiger partial charge in [-0.25, -0.2) is 4.98 Å². The van der Waals surface area contributed by atoms with Crippen LogP contribution in [0.1, 0.15) is 51.5 Å². The number of benzene rings is 1. The highest BCUT2D eigenvalue weighted by Gasteiger charge is 2.44. The minimum atomic E-state index is -0.672. The van der Waals surface area contributed by atoms with E-state index in [2.05, 4.69) is 18.8 Å². The second-order valence-corrected chi connectivity index (χ2v) is 8.80. The number of hydrogen-bond donors (Lipinski definition) is 0. The van der Waals surface area contributed by atoms with Crippen molar-refractivity contribution < 1.29 is 9.47 Å². The molecule has 1 aliphatic heterocycles. The van der Waals surface area contributed by atoms with Crippen molar-refractivity contribution in [1.82, 2.24) is 9.55 Å². The summed E-state index contributed by atoms with van der Waals surface area (Å²) >= 11 is 12.4. The summed E-state index contributed by atoms with van der Waals surface area (Å²) in [5.41, 5.74) is 1.18. The Balaban J connectivity index is 1.75. The van der Waals surface area contributed by atoms with Crippen LogP contribution < -0.4 is 0 Å². The molecule has 1 saturated heterocycles. The fourth-order valence-corrected chi connectivity index (χ4v) is 4.65.